The molecule has 0 radical (unpaired) electrons. The maximum Gasteiger partial charge on any atom is 0.266 e. The van der Waals surface area contributed by atoms with Crippen LogP contribution in [-0.2, 0) is 4.79 Å². The highest BCUT2D eigenvalue weighted by Gasteiger charge is 2.20. The number of carbonyl (C=O) groups is 1. The minimum absolute atomic E-state index is 0.274. The first-order valence-corrected chi connectivity index (χ1v) is 11.0. The van der Waals surface area contributed by atoms with E-state index in [9.17, 15) is 4.79 Å². The van der Waals surface area contributed by atoms with Gasteiger partial charge in [-0.15, -0.1) is 11.3 Å². The number of carbonyl (C=O) groups excluding carboxylic acids is 1. The third kappa shape index (κ3) is 4.00. The smallest absolute Gasteiger partial charge is 0.266 e. The first-order valence-electron chi connectivity index (χ1n) is 10.1. The largest absolute Gasteiger partial charge is 0.481 e. The molecule has 3 aromatic heterocycles. The Bertz CT molecular complexity index is 1350. The average molecular weight is 445 g/mol. The first-order chi connectivity index (χ1) is 15.6. The minimum atomic E-state index is -0.677. The Kier molecular flexibility index (Phi) is 5.20. The average Bonchev–Trinajstić information content (AvgIpc) is 3.52. The standard InChI is InChI=1S/C24H20N4O3S/c1-15-12-22(26-23(29)16(2)30-18-9-4-3-5-10-18)28(27-15)24-25-19(14-32-24)21-13-17-8-6-7-11-20(17)31-21/h3-14,16H,1-2H3,(H,26,29). The van der Waals surface area contributed by atoms with Crippen LogP contribution in [0, 0.1) is 6.92 Å². The van der Waals surface area contributed by atoms with Gasteiger partial charge in [-0.25, -0.2) is 4.98 Å². The molecule has 7 nitrogen and oxygen atoms in total. The Morgan fingerprint density at radius 2 is 1.91 bits per heavy atom. The molecule has 0 aliphatic carbocycles. The van der Waals surface area contributed by atoms with Crippen molar-refractivity contribution in [3.8, 4) is 22.3 Å². The number of aryl methyl sites for hydroxylation is 1. The number of anilines is 1. The fraction of sp³-hybridized carbons (Fsp3) is 0.125. The molecule has 1 unspecified atom stereocenters. The Balaban J connectivity index is 1.37. The number of rotatable bonds is 6. The number of benzene rings is 2. The van der Waals surface area contributed by atoms with Crippen LogP contribution in [0.1, 0.15) is 12.6 Å². The molecule has 0 fully saturated rings. The lowest BCUT2D eigenvalue weighted by molar-refractivity contribution is -0.122. The summed E-state index contributed by atoms with van der Waals surface area (Å²) in [6.45, 7) is 3.57. The van der Waals surface area contributed by atoms with Crippen LogP contribution in [0.3, 0.4) is 0 Å². The molecule has 0 saturated heterocycles. The number of furan rings is 1. The van der Waals surface area contributed by atoms with Gasteiger partial charge in [0.1, 0.15) is 22.8 Å². The molecule has 0 aliphatic rings. The summed E-state index contributed by atoms with van der Waals surface area (Å²) in [5.74, 6) is 1.58. The molecule has 160 valence electrons. The van der Waals surface area contributed by atoms with Crippen molar-refractivity contribution in [2.45, 2.75) is 20.0 Å². The molecule has 0 aliphatic heterocycles. The summed E-state index contributed by atoms with van der Waals surface area (Å²) in [5.41, 5.74) is 2.29. The highest BCUT2D eigenvalue weighted by molar-refractivity contribution is 7.12. The van der Waals surface area contributed by atoms with E-state index in [1.807, 2.05) is 73.0 Å². The van der Waals surface area contributed by atoms with Gasteiger partial charge in [0.05, 0.1) is 5.69 Å². The maximum atomic E-state index is 12.7. The van der Waals surface area contributed by atoms with Gasteiger partial charge in [0, 0.05) is 16.8 Å². The van der Waals surface area contributed by atoms with Crippen LogP contribution in [0.5, 0.6) is 5.75 Å². The van der Waals surface area contributed by atoms with Crippen molar-refractivity contribution in [3.05, 3.63) is 77.8 Å². The van der Waals surface area contributed by atoms with Gasteiger partial charge in [-0.3, -0.25) is 4.79 Å². The summed E-state index contributed by atoms with van der Waals surface area (Å²) in [4.78, 5) is 17.4. The van der Waals surface area contributed by atoms with E-state index < -0.39 is 6.10 Å². The second kappa shape index (κ2) is 8.32. The van der Waals surface area contributed by atoms with Gasteiger partial charge < -0.3 is 14.5 Å². The fourth-order valence-electron chi connectivity index (χ4n) is 3.30. The number of nitrogens with one attached hydrogen (secondary N) is 1. The van der Waals surface area contributed by atoms with Crippen molar-refractivity contribution < 1.29 is 13.9 Å². The number of aromatic nitrogens is 3. The van der Waals surface area contributed by atoms with Gasteiger partial charge in [0.25, 0.3) is 5.91 Å². The highest BCUT2D eigenvalue weighted by Crippen LogP contribution is 2.30. The predicted octanol–water partition coefficient (Wildman–Crippen LogP) is 5.46. The molecule has 1 atom stereocenters. The first kappa shape index (κ1) is 20.0. The van der Waals surface area contributed by atoms with Crippen LogP contribution < -0.4 is 10.1 Å². The van der Waals surface area contributed by atoms with Gasteiger partial charge in [-0.2, -0.15) is 9.78 Å². The monoisotopic (exact) mass is 444 g/mol. The van der Waals surface area contributed by atoms with Crippen LogP contribution in [0.25, 0.3) is 27.6 Å². The topological polar surface area (TPSA) is 82.2 Å². The van der Waals surface area contributed by atoms with E-state index in [1.165, 1.54) is 11.3 Å². The Morgan fingerprint density at radius 3 is 2.72 bits per heavy atom. The van der Waals surface area contributed by atoms with Crippen LogP contribution >= 0.6 is 11.3 Å². The molecule has 5 rings (SSSR count). The molecule has 0 spiro atoms. The molecule has 2 aromatic carbocycles. The molecule has 3 heterocycles. The number of thiazole rings is 1. The zero-order valence-corrected chi connectivity index (χ0v) is 18.3. The number of hydrogen-bond donors (Lipinski definition) is 1. The zero-order chi connectivity index (χ0) is 22.1. The van der Waals surface area contributed by atoms with Gasteiger partial charge >= 0.3 is 0 Å². The van der Waals surface area contributed by atoms with E-state index in [4.69, 9.17) is 9.15 Å². The number of para-hydroxylation sites is 2. The summed E-state index contributed by atoms with van der Waals surface area (Å²) in [5, 5.41) is 11.0. The van der Waals surface area contributed by atoms with Crippen LogP contribution in [0.4, 0.5) is 5.82 Å². The number of hydrogen-bond acceptors (Lipinski definition) is 6. The molecular weight excluding hydrogens is 424 g/mol. The van der Waals surface area contributed by atoms with Crippen molar-refractivity contribution in [1.29, 1.82) is 0 Å². The summed E-state index contributed by atoms with van der Waals surface area (Å²) in [6, 6.07) is 20.8. The Hall–Kier alpha value is -3.91. The fourth-order valence-corrected chi connectivity index (χ4v) is 4.08. The molecular formula is C24H20N4O3S. The quantitative estimate of drug-likeness (QED) is 0.376. The lowest BCUT2D eigenvalue weighted by atomic mass is 10.2. The summed E-state index contributed by atoms with van der Waals surface area (Å²) < 4.78 is 13.3. The molecule has 32 heavy (non-hydrogen) atoms. The molecule has 0 saturated carbocycles. The van der Waals surface area contributed by atoms with E-state index in [1.54, 1.807) is 17.7 Å². The van der Waals surface area contributed by atoms with E-state index in [0.717, 1.165) is 16.7 Å². The maximum absolute atomic E-state index is 12.7. The van der Waals surface area contributed by atoms with E-state index in [0.29, 0.717) is 28.2 Å². The molecule has 1 amide bonds. The van der Waals surface area contributed by atoms with Crippen LogP contribution in [0.2, 0.25) is 0 Å². The van der Waals surface area contributed by atoms with Crippen molar-refractivity contribution >= 4 is 34.0 Å². The molecule has 0 bridgehead atoms. The van der Waals surface area contributed by atoms with Crippen molar-refractivity contribution in [1.82, 2.24) is 14.8 Å². The third-order valence-corrected chi connectivity index (χ3v) is 5.68. The molecule has 5 aromatic rings. The SMILES string of the molecule is Cc1cc(NC(=O)C(C)Oc2ccccc2)n(-c2nc(-c3cc4ccccc4o3)cs2)n1. The summed E-state index contributed by atoms with van der Waals surface area (Å²) in [6.07, 6.45) is -0.677. The Morgan fingerprint density at radius 1 is 1.12 bits per heavy atom. The second-order valence-corrected chi connectivity index (χ2v) is 8.15. The van der Waals surface area contributed by atoms with E-state index in [-0.39, 0.29) is 5.91 Å². The van der Waals surface area contributed by atoms with E-state index >= 15 is 0 Å². The number of amides is 1. The van der Waals surface area contributed by atoms with Crippen LogP contribution in [0.15, 0.2) is 76.5 Å². The zero-order valence-electron chi connectivity index (χ0n) is 17.5. The van der Waals surface area contributed by atoms with Crippen molar-refractivity contribution in [3.63, 3.8) is 0 Å². The van der Waals surface area contributed by atoms with Gasteiger partial charge in [0.2, 0.25) is 5.13 Å². The minimum Gasteiger partial charge on any atom is -0.481 e. The summed E-state index contributed by atoms with van der Waals surface area (Å²) >= 11 is 1.42. The normalized spacial score (nSPS) is 12.1. The van der Waals surface area contributed by atoms with Crippen LogP contribution in [-0.4, -0.2) is 26.8 Å². The van der Waals surface area contributed by atoms with Gasteiger partial charge in [-0.05, 0) is 38.1 Å². The molecule has 8 heteroatoms. The van der Waals surface area contributed by atoms with Crippen molar-refractivity contribution in [2.24, 2.45) is 0 Å². The third-order valence-electron chi connectivity index (χ3n) is 4.86. The van der Waals surface area contributed by atoms with E-state index in [2.05, 4.69) is 15.4 Å². The van der Waals surface area contributed by atoms with Crippen molar-refractivity contribution in [2.75, 3.05) is 5.32 Å². The van der Waals surface area contributed by atoms with Gasteiger partial charge in [-0.1, -0.05) is 36.4 Å². The van der Waals surface area contributed by atoms with Gasteiger partial charge in [0.15, 0.2) is 11.9 Å². The lowest BCUT2D eigenvalue weighted by Gasteiger charge is -2.14. The predicted molar refractivity (Wildman–Crippen MR) is 124 cm³/mol. The number of nitrogens with zero attached hydrogens (tertiary/aromatic N) is 3. The lowest BCUT2D eigenvalue weighted by Crippen LogP contribution is -2.30. The molecule has 1 N–H and O–H groups in total. The Labute approximate surface area is 188 Å². The highest BCUT2D eigenvalue weighted by atomic mass is 32.1. The number of fused-ring (bicyclic) bond motifs is 1. The second-order valence-electron chi connectivity index (χ2n) is 7.31. The summed E-state index contributed by atoms with van der Waals surface area (Å²) in [7, 11) is 0. The number of ether oxygens (including phenoxy) is 1.